The first-order chi connectivity index (χ1) is 8.15. The lowest BCUT2D eigenvalue weighted by atomic mass is 10.1. The molecule has 0 atom stereocenters. The van der Waals surface area contributed by atoms with Crippen molar-refractivity contribution in [2.45, 2.75) is 6.04 Å². The summed E-state index contributed by atoms with van der Waals surface area (Å²) in [4.78, 5) is 13.6. The second-order valence-corrected chi connectivity index (χ2v) is 4.46. The van der Waals surface area contributed by atoms with Crippen molar-refractivity contribution in [3.05, 3.63) is 28.8 Å². The lowest BCUT2D eigenvalue weighted by Crippen LogP contribution is -2.57. The lowest BCUT2D eigenvalue weighted by molar-refractivity contribution is 0.0601. The van der Waals surface area contributed by atoms with Gasteiger partial charge in [-0.1, -0.05) is 11.6 Å². The van der Waals surface area contributed by atoms with E-state index in [1.165, 1.54) is 7.11 Å². The van der Waals surface area contributed by atoms with Crippen molar-refractivity contribution < 1.29 is 9.53 Å². The largest absolute Gasteiger partial charge is 0.465 e. The number of carbonyl (C=O) groups excluding carboxylic acids is 1. The number of halogens is 1. The standard InChI is InChI=1S/C12H15ClN2O2/c1-14-9-6-15(7-9)11-5-8(12(16)17-2)3-4-10(11)13/h3-5,9,14H,6-7H2,1-2H3. The summed E-state index contributed by atoms with van der Waals surface area (Å²) in [6, 6.07) is 5.68. The topological polar surface area (TPSA) is 41.6 Å². The second-order valence-electron chi connectivity index (χ2n) is 4.05. The van der Waals surface area contributed by atoms with E-state index in [1.54, 1.807) is 18.2 Å². The molecule has 1 aliphatic heterocycles. The smallest absolute Gasteiger partial charge is 0.337 e. The Labute approximate surface area is 106 Å². The van der Waals surface area contributed by atoms with Crippen LogP contribution in [0.25, 0.3) is 0 Å². The summed E-state index contributed by atoms with van der Waals surface area (Å²) in [7, 11) is 3.31. The highest BCUT2D eigenvalue weighted by atomic mass is 35.5. The molecule has 92 valence electrons. The summed E-state index contributed by atoms with van der Waals surface area (Å²) in [5.41, 5.74) is 1.42. The van der Waals surface area contributed by atoms with Gasteiger partial charge < -0.3 is 15.0 Å². The van der Waals surface area contributed by atoms with Crippen LogP contribution in [0.3, 0.4) is 0 Å². The minimum Gasteiger partial charge on any atom is -0.465 e. The van der Waals surface area contributed by atoms with E-state index in [4.69, 9.17) is 16.3 Å². The number of hydrogen-bond acceptors (Lipinski definition) is 4. The van der Waals surface area contributed by atoms with Crippen molar-refractivity contribution in [2.24, 2.45) is 0 Å². The fraction of sp³-hybridized carbons (Fsp3) is 0.417. The number of ether oxygens (including phenoxy) is 1. The van der Waals surface area contributed by atoms with Crippen molar-refractivity contribution in [1.29, 1.82) is 0 Å². The van der Waals surface area contributed by atoms with Crippen LogP contribution >= 0.6 is 11.6 Å². The van der Waals surface area contributed by atoms with Crippen LogP contribution in [-0.2, 0) is 4.74 Å². The molecular weight excluding hydrogens is 240 g/mol. The Balaban J connectivity index is 2.19. The van der Waals surface area contributed by atoms with Gasteiger partial charge in [0.05, 0.1) is 23.4 Å². The quantitative estimate of drug-likeness (QED) is 0.831. The van der Waals surface area contributed by atoms with Crippen LogP contribution in [-0.4, -0.2) is 39.3 Å². The number of esters is 1. The van der Waals surface area contributed by atoms with E-state index in [2.05, 4.69) is 10.2 Å². The van der Waals surface area contributed by atoms with Crippen LogP contribution in [0.1, 0.15) is 10.4 Å². The number of methoxy groups -OCH3 is 1. The summed E-state index contributed by atoms with van der Waals surface area (Å²) >= 11 is 6.13. The third-order valence-corrected chi connectivity index (χ3v) is 3.32. The summed E-state index contributed by atoms with van der Waals surface area (Å²) in [6.45, 7) is 1.81. The van der Waals surface area contributed by atoms with Gasteiger partial charge in [-0.25, -0.2) is 4.79 Å². The summed E-state index contributed by atoms with van der Waals surface area (Å²) < 4.78 is 4.69. The molecule has 0 amide bonds. The van der Waals surface area contributed by atoms with Gasteiger partial charge in [0, 0.05) is 19.1 Å². The minimum absolute atomic E-state index is 0.339. The first kappa shape index (κ1) is 12.2. The SMILES string of the molecule is CNC1CN(c2cc(C(=O)OC)ccc2Cl)C1. The first-order valence-electron chi connectivity index (χ1n) is 5.45. The Morgan fingerprint density at radius 2 is 2.24 bits per heavy atom. The molecule has 1 fully saturated rings. The van der Waals surface area contributed by atoms with Crippen LogP contribution in [0.2, 0.25) is 5.02 Å². The van der Waals surface area contributed by atoms with E-state index in [0.717, 1.165) is 18.8 Å². The lowest BCUT2D eigenvalue weighted by Gasteiger charge is -2.41. The van der Waals surface area contributed by atoms with E-state index < -0.39 is 0 Å². The fourth-order valence-electron chi connectivity index (χ4n) is 1.86. The number of benzene rings is 1. The predicted octanol–water partition coefficient (Wildman–Crippen LogP) is 1.53. The molecule has 17 heavy (non-hydrogen) atoms. The molecule has 0 aliphatic carbocycles. The monoisotopic (exact) mass is 254 g/mol. The fourth-order valence-corrected chi connectivity index (χ4v) is 2.09. The molecule has 0 aromatic heterocycles. The van der Waals surface area contributed by atoms with Gasteiger partial charge in [-0.3, -0.25) is 0 Å². The number of carbonyl (C=O) groups is 1. The number of rotatable bonds is 3. The highest BCUT2D eigenvalue weighted by Gasteiger charge is 2.27. The molecule has 1 aromatic rings. The molecule has 0 bridgehead atoms. The summed E-state index contributed by atoms with van der Waals surface area (Å²) in [5, 5.41) is 3.85. The van der Waals surface area contributed by atoms with Crippen LogP contribution in [0.15, 0.2) is 18.2 Å². The Bertz CT molecular complexity index is 431. The van der Waals surface area contributed by atoms with Gasteiger partial charge in [0.1, 0.15) is 0 Å². The number of likely N-dealkylation sites (N-methyl/N-ethyl adjacent to an activating group) is 1. The predicted molar refractivity (Wildman–Crippen MR) is 67.9 cm³/mol. The third-order valence-electron chi connectivity index (χ3n) is 3.00. The van der Waals surface area contributed by atoms with Gasteiger partial charge in [0.2, 0.25) is 0 Å². The molecule has 4 nitrogen and oxygen atoms in total. The molecule has 2 rings (SSSR count). The maximum atomic E-state index is 11.4. The van der Waals surface area contributed by atoms with Crippen LogP contribution in [0.4, 0.5) is 5.69 Å². The maximum absolute atomic E-state index is 11.4. The number of hydrogen-bond donors (Lipinski definition) is 1. The Morgan fingerprint density at radius 1 is 1.53 bits per heavy atom. The molecule has 1 saturated heterocycles. The average molecular weight is 255 g/mol. The van der Waals surface area contributed by atoms with Crippen molar-refractivity contribution in [2.75, 3.05) is 32.1 Å². The molecule has 0 radical (unpaired) electrons. The number of nitrogens with one attached hydrogen (secondary N) is 1. The minimum atomic E-state index is -0.339. The van der Waals surface area contributed by atoms with E-state index >= 15 is 0 Å². The van der Waals surface area contributed by atoms with Gasteiger partial charge in [0.15, 0.2) is 0 Å². The molecule has 5 heteroatoms. The van der Waals surface area contributed by atoms with E-state index in [1.807, 2.05) is 7.05 Å². The molecular formula is C12H15ClN2O2. The van der Waals surface area contributed by atoms with E-state index in [9.17, 15) is 4.79 Å². The molecule has 1 aliphatic rings. The Hall–Kier alpha value is -1.26. The summed E-state index contributed by atoms with van der Waals surface area (Å²) in [5.74, 6) is -0.339. The van der Waals surface area contributed by atoms with Gasteiger partial charge >= 0.3 is 5.97 Å². The van der Waals surface area contributed by atoms with Gasteiger partial charge in [-0.05, 0) is 25.2 Å². The second kappa shape index (κ2) is 4.94. The van der Waals surface area contributed by atoms with Crippen LogP contribution < -0.4 is 10.2 Å². The molecule has 0 unspecified atom stereocenters. The zero-order chi connectivity index (χ0) is 12.4. The number of nitrogens with zero attached hydrogens (tertiary/aromatic N) is 1. The molecule has 1 N–H and O–H groups in total. The Morgan fingerprint density at radius 3 is 2.82 bits per heavy atom. The van der Waals surface area contributed by atoms with Crippen molar-refractivity contribution in [1.82, 2.24) is 5.32 Å². The van der Waals surface area contributed by atoms with Crippen molar-refractivity contribution in [3.8, 4) is 0 Å². The zero-order valence-electron chi connectivity index (χ0n) is 9.87. The molecule has 1 aromatic carbocycles. The van der Waals surface area contributed by atoms with Crippen molar-refractivity contribution in [3.63, 3.8) is 0 Å². The first-order valence-corrected chi connectivity index (χ1v) is 5.83. The normalized spacial score (nSPS) is 15.6. The highest BCUT2D eigenvalue weighted by molar-refractivity contribution is 6.33. The highest BCUT2D eigenvalue weighted by Crippen LogP contribution is 2.30. The van der Waals surface area contributed by atoms with Crippen LogP contribution in [0, 0.1) is 0 Å². The Kier molecular flexibility index (Phi) is 3.54. The van der Waals surface area contributed by atoms with Gasteiger partial charge in [-0.15, -0.1) is 0 Å². The molecule has 0 spiro atoms. The summed E-state index contributed by atoms with van der Waals surface area (Å²) in [6.07, 6.45) is 0. The third kappa shape index (κ3) is 2.37. The van der Waals surface area contributed by atoms with Gasteiger partial charge in [-0.2, -0.15) is 0 Å². The maximum Gasteiger partial charge on any atom is 0.337 e. The molecule has 0 saturated carbocycles. The van der Waals surface area contributed by atoms with E-state index in [-0.39, 0.29) is 5.97 Å². The van der Waals surface area contributed by atoms with Crippen molar-refractivity contribution >= 4 is 23.3 Å². The zero-order valence-corrected chi connectivity index (χ0v) is 10.6. The number of anilines is 1. The average Bonchev–Trinajstić information content (AvgIpc) is 2.29. The van der Waals surface area contributed by atoms with Gasteiger partial charge in [0.25, 0.3) is 0 Å². The van der Waals surface area contributed by atoms with E-state index in [0.29, 0.717) is 16.6 Å². The van der Waals surface area contributed by atoms with Crippen LogP contribution in [0.5, 0.6) is 0 Å². The molecule has 1 heterocycles.